The fraction of sp³-hybridized carbons (Fsp3) is 0. The molecule has 0 amide bonds. The van der Waals surface area contributed by atoms with E-state index in [1.54, 1.807) is 0 Å². The van der Waals surface area contributed by atoms with Crippen LogP contribution in [0, 0.1) is 0 Å². The normalized spacial score (nSPS) is 11.4. The lowest BCUT2D eigenvalue weighted by Crippen LogP contribution is -1.98. The number of nitrogens with zero attached hydrogens (tertiary/aromatic N) is 2. The standard InChI is InChI=1S/C18H14N2O2/c21-12-16(22)15-11-19-17(13-7-3-1-4-8-13)18(20-15)14-9-5-2-6-10-14/h1-12,21-22H. The Balaban J connectivity index is 2.22. The Kier molecular flexibility index (Phi) is 3.83. The first-order valence-electron chi connectivity index (χ1n) is 6.81. The molecular formula is C18H14N2O2. The first-order valence-corrected chi connectivity index (χ1v) is 6.81. The molecule has 2 N–H and O–H groups in total. The molecule has 0 saturated heterocycles. The van der Waals surface area contributed by atoms with Crippen molar-refractivity contribution < 1.29 is 10.2 Å². The summed E-state index contributed by atoms with van der Waals surface area (Å²) in [6.07, 6.45) is 2.05. The van der Waals surface area contributed by atoms with E-state index in [1.165, 1.54) is 6.20 Å². The van der Waals surface area contributed by atoms with Gasteiger partial charge >= 0.3 is 0 Å². The van der Waals surface area contributed by atoms with Crippen molar-refractivity contribution in [1.82, 2.24) is 9.97 Å². The lowest BCUT2D eigenvalue weighted by molar-refractivity contribution is 0.430. The molecule has 0 aliphatic heterocycles. The van der Waals surface area contributed by atoms with Crippen LogP contribution in [0.15, 0.2) is 73.1 Å². The van der Waals surface area contributed by atoms with Crippen LogP contribution in [-0.2, 0) is 0 Å². The molecule has 0 saturated carbocycles. The van der Waals surface area contributed by atoms with Crippen LogP contribution in [0.25, 0.3) is 28.3 Å². The molecule has 4 heteroatoms. The van der Waals surface area contributed by atoms with Crippen LogP contribution in [0.3, 0.4) is 0 Å². The highest BCUT2D eigenvalue weighted by molar-refractivity contribution is 5.78. The first-order chi connectivity index (χ1) is 10.8. The van der Waals surface area contributed by atoms with E-state index >= 15 is 0 Å². The first kappa shape index (κ1) is 13.8. The third-order valence-corrected chi connectivity index (χ3v) is 3.25. The van der Waals surface area contributed by atoms with Gasteiger partial charge in [-0.05, 0) is 0 Å². The SMILES string of the molecule is OC=C(O)c1cnc(-c2ccccc2)c(-c2ccccc2)n1. The number of benzene rings is 2. The highest BCUT2D eigenvalue weighted by Crippen LogP contribution is 2.29. The van der Waals surface area contributed by atoms with Gasteiger partial charge in [0.05, 0.1) is 17.6 Å². The van der Waals surface area contributed by atoms with Gasteiger partial charge in [-0.15, -0.1) is 0 Å². The van der Waals surface area contributed by atoms with Gasteiger partial charge in [-0.2, -0.15) is 0 Å². The van der Waals surface area contributed by atoms with Gasteiger partial charge < -0.3 is 10.2 Å². The molecule has 1 aromatic heterocycles. The van der Waals surface area contributed by atoms with Crippen molar-refractivity contribution in [2.75, 3.05) is 0 Å². The molecule has 0 spiro atoms. The van der Waals surface area contributed by atoms with Crippen molar-refractivity contribution in [3.05, 3.63) is 78.8 Å². The zero-order valence-corrected chi connectivity index (χ0v) is 11.7. The van der Waals surface area contributed by atoms with E-state index in [-0.39, 0.29) is 11.5 Å². The maximum absolute atomic E-state index is 9.67. The molecule has 0 aliphatic carbocycles. The highest BCUT2D eigenvalue weighted by atomic mass is 16.3. The molecule has 1 heterocycles. The van der Waals surface area contributed by atoms with Crippen LogP contribution < -0.4 is 0 Å². The second-order valence-corrected chi connectivity index (χ2v) is 4.70. The Morgan fingerprint density at radius 1 is 0.818 bits per heavy atom. The average molecular weight is 290 g/mol. The summed E-state index contributed by atoms with van der Waals surface area (Å²) in [5.41, 5.74) is 3.43. The van der Waals surface area contributed by atoms with Crippen LogP contribution in [0.1, 0.15) is 5.69 Å². The molecule has 108 valence electrons. The summed E-state index contributed by atoms with van der Waals surface area (Å²) in [6.45, 7) is 0. The van der Waals surface area contributed by atoms with Crippen LogP contribution >= 0.6 is 0 Å². The molecule has 0 atom stereocenters. The molecule has 0 unspecified atom stereocenters. The molecule has 3 aromatic rings. The van der Waals surface area contributed by atoms with Gasteiger partial charge in [-0.25, -0.2) is 4.98 Å². The number of hydrogen-bond donors (Lipinski definition) is 2. The third kappa shape index (κ3) is 2.67. The summed E-state index contributed by atoms with van der Waals surface area (Å²) in [7, 11) is 0. The largest absolute Gasteiger partial charge is 0.512 e. The van der Waals surface area contributed by atoms with E-state index in [0.717, 1.165) is 16.8 Å². The fourth-order valence-electron chi connectivity index (χ4n) is 2.18. The van der Waals surface area contributed by atoms with E-state index in [1.807, 2.05) is 60.7 Å². The topological polar surface area (TPSA) is 66.2 Å². The fourth-order valence-corrected chi connectivity index (χ4v) is 2.18. The number of hydrogen-bond acceptors (Lipinski definition) is 4. The van der Waals surface area contributed by atoms with Crippen LogP contribution in [0.4, 0.5) is 0 Å². The monoisotopic (exact) mass is 290 g/mol. The summed E-state index contributed by atoms with van der Waals surface area (Å²) >= 11 is 0. The summed E-state index contributed by atoms with van der Waals surface area (Å²) in [5, 5.41) is 18.6. The summed E-state index contributed by atoms with van der Waals surface area (Å²) in [6, 6.07) is 19.3. The number of aliphatic hydroxyl groups is 2. The number of aromatic nitrogens is 2. The summed E-state index contributed by atoms with van der Waals surface area (Å²) in [4.78, 5) is 8.87. The van der Waals surface area contributed by atoms with E-state index in [9.17, 15) is 5.11 Å². The van der Waals surface area contributed by atoms with Gasteiger partial charge in [-0.3, -0.25) is 4.98 Å². The predicted octanol–water partition coefficient (Wildman–Crippen LogP) is 4.23. The Morgan fingerprint density at radius 2 is 1.36 bits per heavy atom. The molecule has 0 bridgehead atoms. The van der Waals surface area contributed by atoms with Crippen molar-refractivity contribution >= 4 is 5.76 Å². The van der Waals surface area contributed by atoms with Gasteiger partial charge in [0.2, 0.25) is 0 Å². The van der Waals surface area contributed by atoms with Crippen molar-refractivity contribution in [1.29, 1.82) is 0 Å². The van der Waals surface area contributed by atoms with Gasteiger partial charge in [0.1, 0.15) is 12.0 Å². The van der Waals surface area contributed by atoms with Crippen LogP contribution in [0.5, 0.6) is 0 Å². The molecule has 3 rings (SSSR count). The second-order valence-electron chi connectivity index (χ2n) is 4.70. The minimum Gasteiger partial charge on any atom is -0.512 e. The van der Waals surface area contributed by atoms with Gasteiger partial charge in [0.15, 0.2) is 5.76 Å². The Labute approximate surface area is 128 Å². The van der Waals surface area contributed by atoms with Crippen LogP contribution in [0.2, 0.25) is 0 Å². The van der Waals surface area contributed by atoms with Gasteiger partial charge in [0, 0.05) is 11.1 Å². The lowest BCUT2D eigenvalue weighted by Gasteiger charge is -2.10. The number of aliphatic hydroxyl groups excluding tert-OH is 2. The van der Waals surface area contributed by atoms with E-state index < -0.39 is 0 Å². The third-order valence-electron chi connectivity index (χ3n) is 3.25. The molecule has 0 aliphatic rings. The van der Waals surface area contributed by atoms with E-state index in [2.05, 4.69) is 9.97 Å². The predicted molar refractivity (Wildman–Crippen MR) is 86.1 cm³/mol. The minimum absolute atomic E-state index is 0.223. The Bertz CT molecular complexity index is 800. The second kappa shape index (κ2) is 6.10. The lowest BCUT2D eigenvalue weighted by atomic mass is 10.0. The Morgan fingerprint density at radius 3 is 1.91 bits per heavy atom. The maximum atomic E-state index is 9.67. The van der Waals surface area contributed by atoms with Crippen molar-refractivity contribution in [2.24, 2.45) is 0 Å². The van der Waals surface area contributed by atoms with Gasteiger partial charge in [0.25, 0.3) is 0 Å². The zero-order valence-electron chi connectivity index (χ0n) is 11.7. The van der Waals surface area contributed by atoms with Crippen molar-refractivity contribution in [3.63, 3.8) is 0 Å². The smallest absolute Gasteiger partial charge is 0.177 e. The molecule has 4 nitrogen and oxygen atoms in total. The molecule has 22 heavy (non-hydrogen) atoms. The molecule has 0 fully saturated rings. The summed E-state index contributed by atoms with van der Waals surface area (Å²) in [5.74, 6) is -0.315. The average Bonchev–Trinajstić information content (AvgIpc) is 2.62. The minimum atomic E-state index is -0.315. The molecule has 2 aromatic carbocycles. The summed E-state index contributed by atoms with van der Waals surface area (Å²) < 4.78 is 0. The van der Waals surface area contributed by atoms with Crippen molar-refractivity contribution in [2.45, 2.75) is 0 Å². The Hall–Kier alpha value is -3.14. The van der Waals surface area contributed by atoms with Crippen LogP contribution in [-0.4, -0.2) is 20.2 Å². The quantitative estimate of drug-likeness (QED) is 0.709. The van der Waals surface area contributed by atoms with Crippen molar-refractivity contribution in [3.8, 4) is 22.5 Å². The van der Waals surface area contributed by atoms with E-state index in [4.69, 9.17) is 5.11 Å². The maximum Gasteiger partial charge on any atom is 0.177 e. The van der Waals surface area contributed by atoms with Gasteiger partial charge in [-0.1, -0.05) is 60.7 Å². The zero-order chi connectivity index (χ0) is 15.4. The number of rotatable bonds is 3. The highest BCUT2D eigenvalue weighted by Gasteiger charge is 2.13. The molecule has 0 radical (unpaired) electrons. The van der Waals surface area contributed by atoms with E-state index in [0.29, 0.717) is 12.0 Å². The molecular weight excluding hydrogens is 276 g/mol.